The van der Waals surface area contributed by atoms with E-state index in [-0.39, 0.29) is 84.7 Å². The van der Waals surface area contributed by atoms with Gasteiger partial charge < -0.3 is 45.5 Å². The van der Waals surface area contributed by atoms with Gasteiger partial charge in [-0.25, -0.2) is 19.4 Å². The van der Waals surface area contributed by atoms with Crippen LogP contribution in [-0.2, 0) is 13.1 Å². The molecule has 376 valence electrons. The minimum absolute atomic E-state index is 0.0251. The van der Waals surface area contributed by atoms with E-state index in [0.717, 1.165) is 22.9 Å². The Balaban J connectivity index is 0.981. The first-order valence-electron chi connectivity index (χ1n) is 23.1. The van der Waals surface area contributed by atoms with Gasteiger partial charge in [0.25, 0.3) is 11.8 Å². The summed E-state index contributed by atoms with van der Waals surface area (Å²) >= 11 is 14.0. The zero-order valence-corrected chi connectivity index (χ0v) is 41.7. The molecule has 0 aromatic heterocycles. The Labute approximate surface area is 435 Å². The van der Waals surface area contributed by atoms with Crippen LogP contribution in [0, 0.1) is 13.8 Å². The topological polar surface area (TPSA) is 254 Å². The molecule has 6 aromatic carbocycles. The minimum Gasteiger partial charge on any atom is -0.507 e. The highest BCUT2D eigenvalue weighted by Gasteiger charge is 2.32. The Bertz CT molecular complexity index is 3990. The van der Waals surface area contributed by atoms with E-state index in [0.29, 0.717) is 56.1 Å². The molecule has 2 amide bonds. The number of nitrogens with zero attached hydrogens (tertiary/aromatic N) is 1. The third-order valence-electron chi connectivity index (χ3n) is 12.7. The van der Waals surface area contributed by atoms with E-state index in [4.69, 9.17) is 32.4 Å². The van der Waals surface area contributed by atoms with Gasteiger partial charge in [0.2, 0.25) is 0 Å². The number of aryl methyl sites for hydroxylation is 2. The van der Waals surface area contributed by atoms with Crippen molar-refractivity contribution >= 4 is 81.0 Å². The molecular formula is C57H42Cl2N4O12. The largest absolute Gasteiger partial charge is 0.507 e. The molecule has 7 N–H and O–H groups in total. The lowest BCUT2D eigenvalue weighted by Crippen LogP contribution is -2.26. The number of carboxylic acid groups (broad SMARTS) is 3. The molecule has 0 atom stereocenters. The fraction of sp³-hybridized carbons (Fsp3) is 0.123. The van der Waals surface area contributed by atoms with Gasteiger partial charge in [-0.15, -0.1) is 0 Å². The number of phenols is 1. The number of aromatic hydroxyl groups is 1. The fourth-order valence-corrected chi connectivity index (χ4v) is 9.78. The Morgan fingerprint density at radius 3 is 2.11 bits per heavy atom. The molecule has 16 nitrogen and oxygen atoms in total. The van der Waals surface area contributed by atoms with Crippen molar-refractivity contribution in [1.82, 2.24) is 10.6 Å². The van der Waals surface area contributed by atoms with E-state index in [2.05, 4.69) is 26.8 Å². The number of rotatable bonds is 13. The smallest absolute Gasteiger partial charge is 0.337 e. The number of hydrogen-bond acceptors (Lipinski definition) is 11. The van der Waals surface area contributed by atoms with Crippen LogP contribution in [0.3, 0.4) is 0 Å². The summed E-state index contributed by atoms with van der Waals surface area (Å²) in [6, 6.07) is 25.2. The molecule has 2 heterocycles. The normalized spacial score (nSPS) is 11.5. The maximum atomic E-state index is 13.9. The predicted molar refractivity (Wildman–Crippen MR) is 282 cm³/mol. The number of aromatic carboxylic acids is 3. The number of anilines is 1. The quantitative estimate of drug-likeness (QED) is 0.0421. The average Bonchev–Trinajstić information content (AvgIpc) is 3.37. The first-order valence-corrected chi connectivity index (χ1v) is 23.8. The van der Waals surface area contributed by atoms with Gasteiger partial charge >= 0.3 is 17.9 Å². The van der Waals surface area contributed by atoms with Crippen LogP contribution in [0.2, 0.25) is 10.0 Å². The number of carboxylic acids is 3. The van der Waals surface area contributed by atoms with Crippen molar-refractivity contribution in [3.63, 3.8) is 0 Å². The van der Waals surface area contributed by atoms with Crippen LogP contribution in [-0.4, -0.2) is 69.6 Å². The molecule has 0 fully saturated rings. The van der Waals surface area contributed by atoms with Crippen molar-refractivity contribution in [2.24, 2.45) is 4.99 Å². The lowest BCUT2D eigenvalue weighted by Gasteiger charge is -2.25. The van der Waals surface area contributed by atoms with Gasteiger partial charge in [-0.2, -0.15) is 0 Å². The Hall–Kier alpha value is -9.21. The van der Waals surface area contributed by atoms with E-state index in [9.17, 15) is 49.2 Å². The lowest BCUT2D eigenvalue weighted by atomic mass is 9.87. The Morgan fingerprint density at radius 1 is 0.693 bits per heavy atom. The summed E-state index contributed by atoms with van der Waals surface area (Å²) in [7, 11) is 1.60. The molecule has 2 aliphatic heterocycles. The number of aliphatic imine (C=N–C) groups is 1. The summed E-state index contributed by atoms with van der Waals surface area (Å²) in [6.07, 6.45) is 0. The molecule has 1 aliphatic carbocycles. The first-order chi connectivity index (χ1) is 35.9. The number of phenolic OH excluding ortho intramolecular Hbond substituents is 1. The number of carbonyl (C=O) groups is 5. The molecule has 6 aromatic rings. The molecule has 0 saturated heterocycles. The maximum Gasteiger partial charge on any atom is 0.337 e. The summed E-state index contributed by atoms with van der Waals surface area (Å²) in [5, 5.41) is 51.6. The van der Waals surface area contributed by atoms with Crippen molar-refractivity contribution in [2.45, 2.75) is 33.9 Å². The second-order valence-corrected chi connectivity index (χ2v) is 18.2. The summed E-state index contributed by atoms with van der Waals surface area (Å²) in [4.78, 5) is 81.5. The van der Waals surface area contributed by atoms with Gasteiger partial charge in [-0.1, -0.05) is 41.4 Å². The van der Waals surface area contributed by atoms with E-state index in [1.807, 2.05) is 39.0 Å². The lowest BCUT2D eigenvalue weighted by molar-refractivity contribution is 0.0682. The van der Waals surface area contributed by atoms with Crippen LogP contribution in [0.5, 0.6) is 17.2 Å². The Morgan fingerprint density at radius 2 is 1.41 bits per heavy atom. The van der Waals surface area contributed by atoms with Crippen LogP contribution in [0.25, 0.3) is 39.0 Å². The van der Waals surface area contributed by atoms with Crippen molar-refractivity contribution in [3.05, 3.63) is 195 Å². The van der Waals surface area contributed by atoms with Crippen LogP contribution >= 0.6 is 23.2 Å². The van der Waals surface area contributed by atoms with E-state index in [1.54, 1.807) is 25.2 Å². The molecule has 0 bridgehead atoms. The summed E-state index contributed by atoms with van der Waals surface area (Å²) in [6.45, 7) is 6.00. The first kappa shape index (κ1) is 50.7. The Kier molecular flexibility index (Phi) is 13.8. The number of carbonyl (C=O) groups excluding carboxylic acids is 2. The van der Waals surface area contributed by atoms with Crippen molar-refractivity contribution in [1.29, 1.82) is 0 Å². The third-order valence-corrected chi connectivity index (χ3v) is 13.4. The summed E-state index contributed by atoms with van der Waals surface area (Å²) in [5.41, 5.74) is 3.52. The second kappa shape index (κ2) is 20.4. The number of fused-ring (bicyclic) bond motifs is 4. The molecule has 9 rings (SSSR count). The van der Waals surface area contributed by atoms with E-state index >= 15 is 0 Å². The number of halogens is 2. The van der Waals surface area contributed by atoms with Crippen molar-refractivity contribution in [2.75, 3.05) is 18.9 Å². The molecule has 0 unspecified atom stereocenters. The SMILES string of the molecule is CCNc1cc2c(cc1C)C(c1c(Cl)cc(C(=O)NCc3ccc(C(=O)NCc4c(O)ccc5c(-c6ccc(C(=O)O)cc6C(=O)O)c6ccc(=O)cc-6oc45)cc3)c(Cl)c1C(=O)O)=c1cc(C)c(=C=NC)cc1O2. The van der Waals surface area contributed by atoms with Crippen LogP contribution in [0.15, 0.2) is 117 Å². The fourth-order valence-electron chi connectivity index (χ4n) is 9.16. The second-order valence-electron chi connectivity index (χ2n) is 17.5. The molecule has 75 heavy (non-hydrogen) atoms. The van der Waals surface area contributed by atoms with Gasteiger partial charge in [0.1, 0.15) is 28.6 Å². The summed E-state index contributed by atoms with van der Waals surface area (Å²) < 4.78 is 12.6. The van der Waals surface area contributed by atoms with Crippen LogP contribution < -0.4 is 36.6 Å². The van der Waals surface area contributed by atoms with Crippen LogP contribution in [0.1, 0.15) is 92.1 Å². The molecule has 0 saturated carbocycles. The standard InChI is InChI=1S/C57H42Cl2N4O12/c1-5-61-42-22-46-38(17-27(42)3)48(37-16-26(2)31(24-60-4)19-44(37)74-46)49-41(58)21-39(51(59)50(49)57(72)73)54(67)62-23-28-6-8-29(9-7-28)53(66)63-25-40-43(65)15-14-35-47(34-13-11-32(64)20-45(34)75-52(35)40)33-12-10-30(55(68)69)18-36(33)56(70)71/h6-22,61,65H,5,23,25H2,1-4H3,(H,62,67)(H,63,66)(H,68,69)(H,70,71)(H,72,73). The molecule has 3 aliphatic rings. The summed E-state index contributed by atoms with van der Waals surface area (Å²) in [5.74, 6) is -1.91. The van der Waals surface area contributed by atoms with Gasteiger partial charge in [0.05, 0.1) is 44.4 Å². The predicted octanol–water partition coefficient (Wildman–Crippen LogP) is 8.90. The third kappa shape index (κ3) is 9.52. The molecule has 0 radical (unpaired) electrons. The molecule has 18 heteroatoms. The monoisotopic (exact) mass is 1040 g/mol. The van der Waals surface area contributed by atoms with Gasteiger partial charge in [0.15, 0.2) is 5.43 Å². The number of benzene rings is 7. The highest BCUT2D eigenvalue weighted by molar-refractivity contribution is 6.40. The average molecular weight is 1050 g/mol. The number of hydrogen-bond donors (Lipinski definition) is 7. The van der Waals surface area contributed by atoms with Crippen LogP contribution in [0.4, 0.5) is 5.69 Å². The van der Waals surface area contributed by atoms with Gasteiger partial charge in [0, 0.05) is 87.2 Å². The van der Waals surface area contributed by atoms with Crippen molar-refractivity contribution in [3.8, 4) is 39.7 Å². The number of ether oxygens (including phenoxy) is 1. The zero-order valence-electron chi connectivity index (χ0n) is 40.2. The zero-order chi connectivity index (χ0) is 53.6. The highest BCUT2D eigenvalue weighted by Crippen LogP contribution is 2.46. The maximum absolute atomic E-state index is 13.9. The minimum atomic E-state index is -1.43. The van der Waals surface area contributed by atoms with E-state index in [1.165, 1.54) is 60.7 Å². The molecular weight excluding hydrogens is 1000 g/mol. The van der Waals surface area contributed by atoms with E-state index < -0.39 is 40.7 Å². The van der Waals surface area contributed by atoms with Gasteiger partial charge in [-0.05, 0) is 122 Å². The number of amides is 2. The van der Waals surface area contributed by atoms with Crippen molar-refractivity contribution < 1.29 is 53.6 Å². The molecule has 0 spiro atoms. The van der Waals surface area contributed by atoms with Gasteiger partial charge in [-0.3, -0.25) is 14.4 Å². The highest BCUT2D eigenvalue weighted by atomic mass is 35.5. The number of nitrogens with one attached hydrogen (secondary N) is 3.